The number of carbonyl (C=O) groups is 1. The molecule has 0 aliphatic rings. The normalized spacial score (nSPS) is 12.9. The quantitative estimate of drug-likeness (QED) is 0.839. The zero-order chi connectivity index (χ0) is 13.8. The summed E-state index contributed by atoms with van der Waals surface area (Å²) in [4.78, 5) is 11.1. The first kappa shape index (κ1) is 14.3. The summed E-state index contributed by atoms with van der Waals surface area (Å²) in [6.45, 7) is 0. The predicted octanol–water partition coefficient (Wildman–Crippen LogP) is 1.63. The lowest BCUT2D eigenvalue weighted by Gasteiger charge is -2.15. The summed E-state index contributed by atoms with van der Waals surface area (Å²) in [5.74, 6) is -1.07. The Bertz CT molecular complexity index is 420. The summed E-state index contributed by atoms with van der Waals surface area (Å²) in [7, 11) is 1.15. The van der Waals surface area contributed by atoms with Gasteiger partial charge in [0.25, 0.3) is 0 Å². The molecule has 1 atom stereocenters. The number of ether oxygens (including phenoxy) is 2. The monoisotopic (exact) mass is 263 g/mol. The summed E-state index contributed by atoms with van der Waals surface area (Å²) < 4.78 is 44.7. The van der Waals surface area contributed by atoms with Crippen molar-refractivity contribution in [1.82, 2.24) is 0 Å². The molecule has 1 rings (SSSR count). The molecule has 100 valence electrons. The third-order valence-corrected chi connectivity index (χ3v) is 2.14. The fraction of sp³-hybridized carbons (Fsp3) is 0.364. The van der Waals surface area contributed by atoms with E-state index in [9.17, 15) is 18.0 Å². The number of alkyl halides is 3. The summed E-state index contributed by atoms with van der Waals surface area (Å²) >= 11 is 0. The fourth-order valence-corrected chi connectivity index (χ4v) is 1.37. The fourth-order valence-electron chi connectivity index (χ4n) is 1.37. The average molecular weight is 263 g/mol. The van der Waals surface area contributed by atoms with Crippen LogP contribution in [0.3, 0.4) is 0 Å². The van der Waals surface area contributed by atoms with Crippen molar-refractivity contribution in [2.75, 3.05) is 7.11 Å². The summed E-state index contributed by atoms with van der Waals surface area (Å²) in [5, 5.41) is 0. The SMILES string of the molecule is COC(=O)C(N)Cc1ccccc1OC(F)(F)F. The van der Waals surface area contributed by atoms with Crippen LogP contribution in [0.1, 0.15) is 5.56 Å². The van der Waals surface area contributed by atoms with E-state index in [1.54, 1.807) is 0 Å². The summed E-state index contributed by atoms with van der Waals surface area (Å²) in [6.07, 6.45) is -4.88. The number of hydrogen-bond donors (Lipinski definition) is 1. The minimum Gasteiger partial charge on any atom is -0.468 e. The third-order valence-electron chi connectivity index (χ3n) is 2.14. The van der Waals surface area contributed by atoms with Crippen LogP contribution in [0.25, 0.3) is 0 Å². The van der Waals surface area contributed by atoms with Crippen LogP contribution in [-0.2, 0) is 16.0 Å². The van der Waals surface area contributed by atoms with Crippen molar-refractivity contribution in [2.45, 2.75) is 18.8 Å². The lowest BCUT2D eigenvalue weighted by atomic mass is 10.1. The van der Waals surface area contributed by atoms with Crippen molar-refractivity contribution in [3.8, 4) is 5.75 Å². The maximum Gasteiger partial charge on any atom is 0.573 e. The van der Waals surface area contributed by atoms with E-state index in [1.807, 2.05) is 0 Å². The first-order chi connectivity index (χ1) is 8.33. The van der Waals surface area contributed by atoms with Crippen LogP contribution < -0.4 is 10.5 Å². The van der Waals surface area contributed by atoms with Gasteiger partial charge in [0.2, 0.25) is 0 Å². The molecule has 1 unspecified atom stereocenters. The second kappa shape index (κ2) is 5.72. The number of carbonyl (C=O) groups excluding carboxylic acids is 1. The Labute approximate surface area is 101 Å². The van der Waals surface area contributed by atoms with E-state index in [0.29, 0.717) is 0 Å². The van der Waals surface area contributed by atoms with Gasteiger partial charge in [-0.15, -0.1) is 13.2 Å². The first-order valence-electron chi connectivity index (χ1n) is 5.00. The molecule has 0 aliphatic carbocycles. The number of rotatable bonds is 4. The Kier molecular flexibility index (Phi) is 4.55. The summed E-state index contributed by atoms with van der Waals surface area (Å²) in [6, 6.07) is 4.46. The molecule has 0 amide bonds. The van der Waals surface area contributed by atoms with Crippen LogP contribution >= 0.6 is 0 Å². The molecule has 1 aromatic rings. The van der Waals surface area contributed by atoms with Crippen molar-refractivity contribution in [2.24, 2.45) is 5.73 Å². The zero-order valence-electron chi connectivity index (χ0n) is 9.53. The molecule has 0 fully saturated rings. The molecular formula is C11H12F3NO3. The topological polar surface area (TPSA) is 61.5 Å². The Morgan fingerprint density at radius 3 is 2.56 bits per heavy atom. The van der Waals surface area contributed by atoms with Gasteiger partial charge in [0, 0.05) is 6.42 Å². The highest BCUT2D eigenvalue weighted by Crippen LogP contribution is 2.26. The van der Waals surface area contributed by atoms with Gasteiger partial charge < -0.3 is 15.2 Å². The average Bonchev–Trinajstić information content (AvgIpc) is 2.28. The standard InChI is InChI=1S/C11H12F3NO3/c1-17-10(16)8(15)6-7-4-2-3-5-9(7)18-11(12,13)14/h2-5,8H,6,15H2,1H3. The Balaban J connectivity index is 2.85. The summed E-state index contributed by atoms with van der Waals surface area (Å²) in [5.41, 5.74) is 5.67. The van der Waals surface area contributed by atoms with E-state index >= 15 is 0 Å². The third kappa shape index (κ3) is 4.25. The van der Waals surface area contributed by atoms with Crippen molar-refractivity contribution in [3.63, 3.8) is 0 Å². The number of nitrogens with two attached hydrogens (primary N) is 1. The van der Waals surface area contributed by atoms with Gasteiger partial charge in [0.15, 0.2) is 0 Å². The van der Waals surface area contributed by atoms with Gasteiger partial charge in [0.1, 0.15) is 11.8 Å². The van der Waals surface area contributed by atoms with Crippen molar-refractivity contribution >= 4 is 5.97 Å². The van der Waals surface area contributed by atoms with Gasteiger partial charge in [-0.3, -0.25) is 4.79 Å². The Morgan fingerprint density at radius 1 is 1.39 bits per heavy atom. The smallest absolute Gasteiger partial charge is 0.468 e. The number of esters is 1. The van der Waals surface area contributed by atoms with Crippen LogP contribution in [0.4, 0.5) is 13.2 Å². The minimum atomic E-state index is -4.79. The number of para-hydroxylation sites is 1. The molecule has 0 spiro atoms. The van der Waals surface area contributed by atoms with E-state index in [2.05, 4.69) is 9.47 Å². The van der Waals surface area contributed by atoms with Crippen molar-refractivity contribution in [3.05, 3.63) is 29.8 Å². The molecule has 0 bridgehead atoms. The highest BCUT2D eigenvalue weighted by Gasteiger charge is 2.32. The second-order valence-corrected chi connectivity index (χ2v) is 3.49. The molecule has 1 aromatic carbocycles. The molecule has 7 heteroatoms. The molecule has 18 heavy (non-hydrogen) atoms. The second-order valence-electron chi connectivity index (χ2n) is 3.49. The van der Waals surface area contributed by atoms with Crippen molar-refractivity contribution in [1.29, 1.82) is 0 Å². The maximum absolute atomic E-state index is 12.1. The van der Waals surface area contributed by atoms with E-state index in [1.165, 1.54) is 18.2 Å². The lowest BCUT2D eigenvalue weighted by Crippen LogP contribution is -2.34. The Morgan fingerprint density at radius 2 is 2.00 bits per heavy atom. The van der Waals surface area contributed by atoms with Crippen LogP contribution in [0.5, 0.6) is 5.75 Å². The Hall–Kier alpha value is -1.76. The molecule has 0 aromatic heterocycles. The van der Waals surface area contributed by atoms with Gasteiger partial charge in [-0.25, -0.2) is 0 Å². The molecule has 0 heterocycles. The molecule has 0 saturated heterocycles. The van der Waals surface area contributed by atoms with E-state index in [0.717, 1.165) is 13.2 Å². The number of halogens is 3. The highest BCUT2D eigenvalue weighted by molar-refractivity contribution is 5.75. The zero-order valence-corrected chi connectivity index (χ0v) is 9.53. The van der Waals surface area contributed by atoms with Gasteiger partial charge in [-0.1, -0.05) is 18.2 Å². The molecular weight excluding hydrogens is 251 g/mol. The molecule has 0 saturated carbocycles. The van der Waals surface area contributed by atoms with Gasteiger partial charge in [-0.2, -0.15) is 0 Å². The first-order valence-corrected chi connectivity index (χ1v) is 5.00. The largest absolute Gasteiger partial charge is 0.573 e. The van der Waals surface area contributed by atoms with Gasteiger partial charge in [-0.05, 0) is 11.6 Å². The number of benzene rings is 1. The lowest BCUT2D eigenvalue weighted by molar-refractivity contribution is -0.274. The molecule has 0 radical (unpaired) electrons. The molecule has 2 N–H and O–H groups in total. The number of hydrogen-bond acceptors (Lipinski definition) is 4. The minimum absolute atomic E-state index is 0.0983. The van der Waals surface area contributed by atoms with E-state index in [4.69, 9.17) is 5.73 Å². The predicted molar refractivity (Wildman–Crippen MR) is 56.8 cm³/mol. The highest BCUT2D eigenvalue weighted by atomic mass is 19.4. The molecule has 4 nitrogen and oxygen atoms in total. The van der Waals surface area contributed by atoms with E-state index < -0.39 is 18.4 Å². The maximum atomic E-state index is 12.1. The molecule has 0 aliphatic heterocycles. The van der Waals surface area contributed by atoms with Crippen LogP contribution in [0.15, 0.2) is 24.3 Å². The van der Waals surface area contributed by atoms with Gasteiger partial charge in [0.05, 0.1) is 7.11 Å². The van der Waals surface area contributed by atoms with Crippen LogP contribution in [0.2, 0.25) is 0 Å². The van der Waals surface area contributed by atoms with Crippen molar-refractivity contribution < 1.29 is 27.4 Å². The van der Waals surface area contributed by atoms with E-state index in [-0.39, 0.29) is 17.7 Å². The number of methoxy groups -OCH3 is 1. The van der Waals surface area contributed by atoms with Gasteiger partial charge >= 0.3 is 12.3 Å². The van der Waals surface area contributed by atoms with Crippen LogP contribution in [0, 0.1) is 0 Å². The van der Waals surface area contributed by atoms with Crippen LogP contribution in [-0.4, -0.2) is 25.5 Å².